The predicted molar refractivity (Wildman–Crippen MR) is 104 cm³/mol. The quantitative estimate of drug-likeness (QED) is 0.288. The number of nitrogens with two attached hydrogens (primary N) is 1. The number of unbranched alkanes of at least 4 members (excludes halogenated alkanes) is 13. The van der Waals surface area contributed by atoms with Gasteiger partial charge < -0.3 is 10.8 Å². The van der Waals surface area contributed by atoms with Crippen molar-refractivity contribution in [3.8, 4) is 0 Å². The van der Waals surface area contributed by atoms with Gasteiger partial charge in [0.2, 0.25) is 0 Å². The molecular formula is C21H45NO. The lowest BCUT2D eigenvalue weighted by Crippen LogP contribution is -2.37. The molecule has 0 rings (SSSR count). The van der Waals surface area contributed by atoms with Gasteiger partial charge in [0.1, 0.15) is 0 Å². The molecule has 0 aromatic carbocycles. The van der Waals surface area contributed by atoms with E-state index in [1.54, 1.807) is 0 Å². The van der Waals surface area contributed by atoms with Crippen LogP contribution >= 0.6 is 0 Å². The van der Waals surface area contributed by atoms with Crippen molar-refractivity contribution in [3.63, 3.8) is 0 Å². The molecular weight excluding hydrogens is 282 g/mol. The van der Waals surface area contributed by atoms with E-state index in [9.17, 15) is 5.11 Å². The fraction of sp³-hybridized carbons (Fsp3) is 1.00. The highest BCUT2D eigenvalue weighted by atomic mass is 16.3. The van der Waals surface area contributed by atoms with Gasteiger partial charge in [-0.2, -0.15) is 0 Å². The molecule has 0 aliphatic rings. The van der Waals surface area contributed by atoms with Gasteiger partial charge >= 0.3 is 0 Å². The lowest BCUT2D eigenvalue weighted by molar-refractivity contribution is 0.0264. The van der Waals surface area contributed by atoms with Gasteiger partial charge in [0, 0.05) is 6.54 Å². The summed E-state index contributed by atoms with van der Waals surface area (Å²) in [6.07, 6.45) is 21.5. The Kier molecular flexibility index (Phi) is 16.7. The first kappa shape index (κ1) is 22.9. The molecule has 1 unspecified atom stereocenters. The third-order valence-electron chi connectivity index (χ3n) is 5.12. The van der Waals surface area contributed by atoms with Crippen LogP contribution in [0.25, 0.3) is 0 Å². The Labute approximate surface area is 146 Å². The standard InChI is InChI=1S/C21H45NO/c1-3-5-7-9-11-13-15-17-19-21(23,20-22)18-16-14-12-10-8-6-4-2/h23H,3-20,22H2,1-2H3. The molecule has 1 atom stereocenters. The Hall–Kier alpha value is -0.0800. The van der Waals surface area contributed by atoms with E-state index < -0.39 is 5.60 Å². The van der Waals surface area contributed by atoms with E-state index in [2.05, 4.69) is 13.8 Å². The van der Waals surface area contributed by atoms with Gasteiger partial charge in [-0.15, -0.1) is 0 Å². The summed E-state index contributed by atoms with van der Waals surface area (Å²) in [4.78, 5) is 0. The van der Waals surface area contributed by atoms with Crippen molar-refractivity contribution in [1.29, 1.82) is 0 Å². The molecule has 0 aliphatic carbocycles. The van der Waals surface area contributed by atoms with Gasteiger partial charge in [-0.05, 0) is 12.8 Å². The highest BCUT2D eigenvalue weighted by Crippen LogP contribution is 2.22. The van der Waals surface area contributed by atoms with Crippen molar-refractivity contribution < 1.29 is 5.11 Å². The van der Waals surface area contributed by atoms with Crippen molar-refractivity contribution in [2.24, 2.45) is 5.73 Å². The van der Waals surface area contributed by atoms with Crippen molar-refractivity contribution in [1.82, 2.24) is 0 Å². The fourth-order valence-corrected chi connectivity index (χ4v) is 3.33. The van der Waals surface area contributed by atoms with E-state index in [1.807, 2.05) is 0 Å². The van der Waals surface area contributed by atoms with Gasteiger partial charge in [0.25, 0.3) is 0 Å². The molecule has 0 amide bonds. The fourth-order valence-electron chi connectivity index (χ4n) is 3.33. The zero-order chi connectivity index (χ0) is 17.2. The third-order valence-corrected chi connectivity index (χ3v) is 5.12. The van der Waals surface area contributed by atoms with Gasteiger partial charge in [-0.3, -0.25) is 0 Å². The Morgan fingerprint density at radius 3 is 1.17 bits per heavy atom. The van der Waals surface area contributed by atoms with Gasteiger partial charge in [-0.1, -0.05) is 110 Å². The van der Waals surface area contributed by atoms with Crippen LogP contribution in [0.3, 0.4) is 0 Å². The lowest BCUT2D eigenvalue weighted by atomic mass is 9.89. The molecule has 0 bridgehead atoms. The van der Waals surface area contributed by atoms with Crippen molar-refractivity contribution in [3.05, 3.63) is 0 Å². The third kappa shape index (κ3) is 15.2. The Morgan fingerprint density at radius 1 is 0.565 bits per heavy atom. The van der Waals surface area contributed by atoms with Crippen LogP contribution < -0.4 is 5.73 Å². The molecule has 2 heteroatoms. The Bertz CT molecular complexity index is 232. The van der Waals surface area contributed by atoms with Crippen molar-refractivity contribution in [2.45, 2.75) is 129 Å². The number of aliphatic hydroxyl groups is 1. The molecule has 0 spiro atoms. The largest absolute Gasteiger partial charge is 0.389 e. The zero-order valence-corrected chi connectivity index (χ0v) is 16.3. The van der Waals surface area contributed by atoms with Crippen LogP contribution in [0.2, 0.25) is 0 Å². The molecule has 23 heavy (non-hydrogen) atoms. The zero-order valence-electron chi connectivity index (χ0n) is 16.3. The first-order chi connectivity index (χ1) is 11.2. The molecule has 0 saturated heterocycles. The van der Waals surface area contributed by atoms with E-state index in [0.717, 1.165) is 25.7 Å². The summed E-state index contributed by atoms with van der Waals surface area (Å²) in [5.74, 6) is 0. The van der Waals surface area contributed by atoms with Crippen LogP contribution in [0, 0.1) is 0 Å². The lowest BCUT2D eigenvalue weighted by Gasteiger charge is -2.26. The van der Waals surface area contributed by atoms with E-state index >= 15 is 0 Å². The highest BCUT2D eigenvalue weighted by molar-refractivity contribution is 4.79. The SMILES string of the molecule is CCCCCCCCCCC(O)(CN)CCCCCCCCC. The minimum Gasteiger partial charge on any atom is -0.389 e. The van der Waals surface area contributed by atoms with E-state index in [1.165, 1.54) is 83.5 Å². The highest BCUT2D eigenvalue weighted by Gasteiger charge is 2.23. The summed E-state index contributed by atoms with van der Waals surface area (Å²) in [5, 5.41) is 10.6. The summed E-state index contributed by atoms with van der Waals surface area (Å²) < 4.78 is 0. The van der Waals surface area contributed by atoms with E-state index in [-0.39, 0.29) is 0 Å². The Morgan fingerprint density at radius 2 is 0.870 bits per heavy atom. The summed E-state index contributed by atoms with van der Waals surface area (Å²) in [5.41, 5.74) is 5.24. The normalized spacial score (nSPS) is 14.1. The molecule has 0 aromatic heterocycles. The molecule has 3 N–H and O–H groups in total. The number of rotatable bonds is 18. The van der Waals surface area contributed by atoms with Crippen molar-refractivity contribution >= 4 is 0 Å². The molecule has 0 heterocycles. The summed E-state index contributed by atoms with van der Waals surface area (Å²) in [6, 6.07) is 0. The van der Waals surface area contributed by atoms with Gasteiger partial charge in [0.15, 0.2) is 0 Å². The van der Waals surface area contributed by atoms with Gasteiger partial charge in [0.05, 0.1) is 5.60 Å². The van der Waals surface area contributed by atoms with Crippen LogP contribution in [0.5, 0.6) is 0 Å². The van der Waals surface area contributed by atoms with Crippen LogP contribution in [-0.4, -0.2) is 17.3 Å². The van der Waals surface area contributed by atoms with E-state index in [4.69, 9.17) is 5.73 Å². The first-order valence-electron chi connectivity index (χ1n) is 10.6. The topological polar surface area (TPSA) is 46.2 Å². The maximum absolute atomic E-state index is 10.6. The maximum atomic E-state index is 10.6. The molecule has 2 nitrogen and oxygen atoms in total. The molecule has 0 aromatic rings. The number of hydrogen-bond donors (Lipinski definition) is 2. The minimum absolute atomic E-state index is 0.430. The van der Waals surface area contributed by atoms with Crippen LogP contribution in [0.4, 0.5) is 0 Å². The molecule has 0 fully saturated rings. The second kappa shape index (κ2) is 16.8. The predicted octanol–water partition coefficient (Wildman–Crippen LogP) is 6.35. The summed E-state index contributed by atoms with van der Waals surface area (Å²) >= 11 is 0. The first-order valence-corrected chi connectivity index (χ1v) is 10.6. The maximum Gasteiger partial charge on any atom is 0.0769 e. The summed E-state index contributed by atoms with van der Waals surface area (Å²) in [7, 11) is 0. The molecule has 0 saturated carbocycles. The number of hydrogen-bond acceptors (Lipinski definition) is 2. The second-order valence-corrected chi connectivity index (χ2v) is 7.52. The van der Waals surface area contributed by atoms with Gasteiger partial charge in [-0.25, -0.2) is 0 Å². The molecule has 140 valence electrons. The monoisotopic (exact) mass is 327 g/mol. The van der Waals surface area contributed by atoms with Crippen LogP contribution in [0.15, 0.2) is 0 Å². The summed E-state index contributed by atoms with van der Waals surface area (Å²) in [6.45, 7) is 4.95. The molecule has 0 radical (unpaired) electrons. The Balaban J connectivity index is 3.52. The van der Waals surface area contributed by atoms with Crippen LogP contribution in [-0.2, 0) is 0 Å². The average molecular weight is 328 g/mol. The van der Waals surface area contributed by atoms with E-state index in [0.29, 0.717) is 6.54 Å². The minimum atomic E-state index is -0.592. The second-order valence-electron chi connectivity index (χ2n) is 7.52. The smallest absolute Gasteiger partial charge is 0.0769 e. The van der Waals surface area contributed by atoms with Crippen LogP contribution in [0.1, 0.15) is 123 Å². The molecule has 0 aliphatic heterocycles. The average Bonchev–Trinajstić information content (AvgIpc) is 2.56. The van der Waals surface area contributed by atoms with Crippen molar-refractivity contribution in [2.75, 3.05) is 6.54 Å².